The number of aliphatic carboxylic acids is 1. The number of ketones is 2. The van der Waals surface area contributed by atoms with Gasteiger partial charge in [-0.15, -0.1) is 0 Å². The van der Waals surface area contributed by atoms with Gasteiger partial charge in [-0.1, -0.05) is 59.6 Å². The summed E-state index contributed by atoms with van der Waals surface area (Å²) in [5, 5.41) is 26.2. The van der Waals surface area contributed by atoms with Crippen LogP contribution in [0.4, 0.5) is 0 Å². The van der Waals surface area contributed by atoms with Gasteiger partial charge in [-0.05, 0) is 64.0 Å². The number of thioether (sulfide) groups is 1. The average Bonchev–Trinajstić information content (AvgIpc) is 0.914. The predicted molar refractivity (Wildman–Crippen MR) is 414 cm³/mol. The third-order valence-corrected chi connectivity index (χ3v) is 16.9. The topological polar surface area (TPSA) is 472 Å². The summed E-state index contributed by atoms with van der Waals surface area (Å²) in [6, 6.07) is 0. The van der Waals surface area contributed by atoms with E-state index in [4.69, 9.17) is 58.8 Å². The van der Waals surface area contributed by atoms with Crippen molar-refractivity contribution in [3.63, 3.8) is 0 Å². The number of allylic oxidation sites excluding steroid dienone is 1. The molecule has 1 heterocycles. The van der Waals surface area contributed by atoms with Crippen LogP contribution in [0.25, 0.3) is 0 Å². The molecule has 0 saturated carbocycles. The lowest BCUT2D eigenvalue weighted by molar-refractivity contribution is -0.139. The monoisotopic (exact) mass is 1600 g/mol. The normalized spacial score (nSPS) is 14.0. The van der Waals surface area contributed by atoms with Crippen LogP contribution in [0.3, 0.4) is 0 Å². The van der Waals surface area contributed by atoms with Crippen molar-refractivity contribution in [3.8, 4) is 0 Å². The van der Waals surface area contributed by atoms with Crippen LogP contribution >= 0.6 is 11.8 Å². The number of nitrogens with two attached hydrogens (primary N) is 2. The van der Waals surface area contributed by atoms with Crippen LogP contribution in [-0.4, -0.2) is 332 Å². The van der Waals surface area contributed by atoms with Crippen LogP contribution in [0.2, 0.25) is 0 Å². The van der Waals surface area contributed by atoms with Crippen LogP contribution in [0.1, 0.15) is 132 Å². The fourth-order valence-electron chi connectivity index (χ4n) is 10.00. The molecule has 0 aliphatic carbocycles. The molecule has 3 atom stereocenters. The number of primary amides is 2. The van der Waals surface area contributed by atoms with Crippen molar-refractivity contribution >= 4 is 89.5 Å². The number of carbonyl (C=O) groups is 13. The second kappa shape index (κ2) is 74.8. The minimum atomic E-state index is -0.999. The van der Waals surface area contributed by atoms with Gasteiger partial charge in [0.15, 0.2) is 11.6 Å². The molecule has 1 aliphatic rings. The van der Waals surface area contributed by atoms with Crippen LogP contribution < -0.4 is 43.4 Å². The summed E-state index contributed by atoms with van der Waals surface area (Å²) in [5.74, 6) is -3.80. The van der Waals surface area contributed by atoms with E-state index in [9.17, 15) is 67.4 Å². The minimum absolute atomic E-state index is 0. The Labute approximate surface area is 656 Å². The first-order valence-corrected chi connectivity index (χ1v) is 39.2. The van der Waals surface area contributed by atoms with Crippen LogP contribution in [0, 0.1) is 17.8 Å². The van der Waals surface area contributed by atoms with Crippen LogP contribution in [0.5, 0.6) is 0 Å². The number of hydrogen-bond donors (Lipinski definition) is 9. The van der Waals surface area contributed by atoms with E-state index in [-0.39, 0.29) is 245 Å². The molecule has 1 fully saturated rings. The first-order chi connectivity index (χ1) is 52.6. The average molecular weight is 1600 g/mol. The zero-order valence-electron chi connectivity index (χ0n) is 65.1. The molecule has 1 aliphatic heterocycles. The molecule has 110 heavy (non-hydrogen) atoms. The Balaban J connectivity index is -0.0000123. The summed E-state index contributed by atoms with van der Waals surface area (Å²) >= 11 is 1.85. The first kappa shape index (κ1) is 105. The molecule has 638 valence electrons. The maximum Gasteiger partial charge on any atom is 0.317 e. The van der Waals surface area contributed by atoms with Gasteiger partial charge in [-0.2, -0.15) is 11.8 Å². The number of ether oxygens (including phenoxy) is 10. The van der Waals surface area contributed by atoms with Crippen molar-refractivity contribution in [1.29, 1.82) is 0 Å². The molecule has 0 radical (unpaired) electrons. The fourth-order valence-corrected chi connectivity index (χ4v) is 10.3. The van der Waals surface area contributed by atoms with Gasteiger partial charge in [0.1, 0.15) is 46.7 Å². The van der Waals surface area contributed by atoms with Crippen molar-refractivity contribution < 1.29 is 116 Å². The van der Waals surface area contributed by atoms with Gasteiger partial charge in [-0.3, -0.25) is 81.9 Å². The number of carbonyl (C=O) groups excluding carboxylic acids is 12. The Morgan fingerprint density at radius 1 is 0.445 bits per heavy atom. The van der Waals surface area contributed by atoms with Gasteiger partial charge in [0.2, 0.25) is 47.3 Å². The molecule has 8 amide bonds. The van der Waals surface area contributed by atoms with Crippen molar-refractivity contribution in [1.82, 2.24) is 51.5 Å². The molecule has 0 aromatic rings. The Bertz CT molecular complexity index is 2530. The summed E-state index contributed by atoms with van der Waals surface area (Å²) in [6.45, 7) is 12.3. The van der Waals surface area contributed by atoms with E-state index < -0.39 is 17.8 Å². The number of nitrogens with zero attached hydrogens (tertiary/aromatic N) is 4. The van der Waals surface area contributed by atoms with Gasteiger partial charge in [0.25, 0.3) is 12.9 Å². The Morgan fingerprint density at radius 3 is 1.34 bits per heavy atom. The number of nitrogens with one attached hydrogen (secondary N) is 6. The largest absolute Gasteiger partial charge is 0.480 e. The molecular formula is C73H136N12O24S. The second-order valence-corrected chi connectivity index (χ2v) is 26.7. The Morgan fingerprint density at radius 2 is 0.864 bits per heavy atom. The Kier molecular flexibility index (Phi) is 71.6. The fraction of sp³-hybridized carbons (Fsp3) is 0.795. The van der Waals surface area contributed by atoms with E-state index in [0.29, 0.717) is 143 Å². The minimum Gasteiger partial charge on any atom is -0.480 e. The lowest BCUT2D eigenvalue weighted by Crippen LogP contribution is -2.49. The molecule has 37 heteroatoms. The quantitative estimate of drug-likeness (QED) is 0.0172. The highest BCUT2D eigenvalue weighted by molar-refractivity contribution is 7.98. The number of carboxylic acid groups (broad SMARTS) is 1. The van der Waals surface area contributed by atoms with E-state index in [2.05, 4.69) is 57.2 Å². The summed E-state index contributed by atoms with van der Waals surface area (Å²) in [5.41, 5.74) is 10.6. The Hall–Kier alpha value is -6.88. The van der Waals surface area contributed by atoms with Gasteiger partial charge in [-0.25, -0.2) is 0 Å². The van der Waals surface area contributed by atoms with Gasteiger partial charge in [0.05, 0.1) is 72.6 Å². The van der Waals surface area contributed by atoms with Gasteiger partial charge >= 0.3 is 5.97 Å². The molecule has 0 bridgehead atoms. The predicted octanol–water partition coefficient (Wildman–Crippen LogP) is 0.387. The SMILES string of the molecule is C.CCC=CCSC.C[C@@H](CCCCNC(=O)COCCOCCNC(=O)COCCOCCNC(=O)CCCC(=O)NCCCC[C@H](CC(=O)COCOCCCC(=O)COCCOCCNC(=O)CN1CCN(COC=O)CCN(COC=O)CCN(CC(=O)O)CC1)C(=O)NCCCC[C@H](C)C(N)=O)C(N)=O.[HH]. The molecule has 1 saturated heterocycles. The zero-order valence-corrected chi connectivity index (χ0v) is 65.9. The third kappa shape index (κ3) is 68.0. The van der Waals surface area contributed by atoms with E-state index >= 15 is 0 Å². The summed E-state index contributed by atoms with van der Waals surface area (Å²) < 4.78 is 53.2. The van der Waals surface area contributed by atoms with E-state index in [1.807, 2.05) is 26.5 Å². The zero-order chi connectivity index (χ0) is 80.6. The van der Waals surface area contributed by atoms with Crippen LogP contribution in [-0.2, 0) is 110 Å². The first-order valence-electron chi connectivity index (χ1n) is 37.8. The second-order valence-electron chi connectivity index (χ2n) is 25.7. The molecule has 0 aromatic carbocycles. The standard InChI is InChI=1S/C66H118N12O24.C6H12S.CH4.H2/c1-53(64(67)90)11-3-6-18-70-61(86)46-97-39-37-95-34-22-73-62(87)47-98-40-36-93-32-20-71-59(84)16-9-15-58(83)69-17-8-5-13-55(66(92)74-19-7-4-12-54(2)65(68)91)41-57(82)45-100-52-99-31-10-14-56(81)44-96-38-35-94-33-21-72-60(85)42-75-23-24-76(43-63(88)89)26-28-78(49-102-51-80)30-29-77(27-25-75)48-101-50-79;1-3-4-5-6-7-2;;/h50-51,53-55H,3-49,52H2,1-2H3,(H2,67,90)(H2,68,91)(H,69,83)(H,70,86)(H,71,84)(H,72,85)(H,73,87)(H,74,92)(H,88,89);4-5H,3,6H2,1-2H3;1H4;1H/t53-,54-,55+;;;/m0.../s1. The summed E-state index contributed by atoms with van der Waals surface area (Å²) in [7, 11) is 0. The number of unbranched alkanes of at least 4 members (excludes halogenated alkanes) is 3. The lowest BCUT2D eigenvalue weighted by atomic mass is 9.95. The smallest absolute Gasteiger partial charge is 0.317 e. The highest BCUT2D eigenvalue weighted by Crippen LogP contribution is 2.16. The van der Waals surface area contributed by atoms with Gasteiger partial charge < -0.3 is 95.8 Å². The summed E-state index contributed by atoms with van der Waals surface area (Å²) in [4.78, 5) is 164. The van der Waals surface area contributed by atoms with Crippen LogP contribution in [0.15, 0.2) is 12.2 Å². The number of carboxylic acids is 1. The highest BCUT2D eigenvalue weighted by Gasteiger charge is 2.24. The lowest BCUT2D eigenvalue weighted by Gasteiger charge is -2.33. The molecular weight excluding hydrogens is 1460 g/mol. The van der Waals surface area contributed by atoms with E-state index in [1.165, 1.54) is 6.42 Å². The molecule has 0 unspecified atom stereocenters. The van der Waals surface area contributed by atoms with E-state index in [0.717, 1.165) is 18.6 Å². The van der Waals surface area contributed by atoms with E-state index in [1.54, 1.807) is 18.7 Å². The highest BCUT2D eigenvalue weighted by atomic mass is 32.2. The molecule has 0 aromatic heterocycles. The van der Waals surface area contributed by atoms with Crippen molar-refractivity contribution in [3.05, 3.63) is 12.2 Å². The third-order valence-electron chi connectivity index (χ3n) is 16.4. The van der Waals surface area contributed by atoms with Gasteiger partial charge in [0, 0.05) is 149 Å². The maximum absolute atomic E-state index is 13.3. The van der Waals surface area contributed by atoms with Crippen molar-refractivity contribution in [2.75, 3.05) is 229 Å². The molecule has 36 nitrogen and oxygen atoms in total. The number of amides is 8. The number of Topliss-reactive ketones (excluding diaryl/α,β-unsaturated/α-hetero) is 2. The number of rotatable bonds is 69. The number of hydrogen-bond acceptors (Lipinski definition) is 28. The molecule has 1 rings (SSSR count). The molecule has 0 spiro atoms. The maximum atomic E-state index is 13.3. The van der Waals surface area contributed by atoms with Crippen molar-refractivity contribution in [2.24, 2.45) is 29.2 Å². The summed E-state index contributed by atoms with van der Waals surface area (Å²) in [6.07, 6.45) is 14.2. The molecule has 11 N–H and O–H groups in total. The van der Waals surface area contributed by atoms with Crippen molar-refractivity contribution in [2.45, 2.75) is 131 Å².